The van der Waals surface area contributed by atoms with Gasteiger partial charge in [-0.1, -0.05) is 18.2 Å². The van der Waals surface area contributed by atoms with E-state index >= 15 is 0 Å². The Morgan fingerprint density at radius 2 is 2.07 bits per heavy atom. The fraction of sp³-hybridized carbons (Fsp3) is 0.273. The van der Waals surface area contributed by atoms with Crippen LogP contribution in [0.4, 0.5) is 5.69 Å². The lowest BCUT2D eigenvalue weighted by Crippen LogP contribution is -2.22. The first-order valence-electron chi connectivity index (χ1n) is 4.96. The second kappa shape index (κ2) is 3.32. The Balaban J connectivity index is 2.20. The first kappa shape index (κ1) is 9.36. The van der Waals surface area contributed by atoms with Crippen molar-refractivity contribution in [1.82, 2.24) is 0 Å². The summed E-state index contributed by atoms with van der Waals surface area (Å²) >= 11 is 1.67. The average molecular weight is 237 g/mol. The van der Waals surface area contributed by atoms with Crippen molar-refractivity contribution in [3.8, 4) is 0 Å². The molecule has 0 N–H and O–H groups in total. The first-order chi connectivity index (χ1) is 7.27. The maximum absolute atomic E-state index is 12.0. The zero-order valence-corrected chi connectivity index (χ0v) is 9.81. The number of thiophene rings is 1. The number of hydrogen-bond acceptors (Lipinski definition) is 3. The molecule has 0 radical (unpaired) electrons. The molecule has 0 amide bonds. The lowest BCUT2D eigenvalue weighted by Gasteiger charge is -2.17. The number of nitrogens with zero attached hydrogens (tertiary/aromatic N) is 1. The molecule has 1 aromatic carbocycles. The Bertz CT molecular complexity index is 610. The Labute approximate surface area is 93.1 Å². The number of fused-ring (bicyclic) bond motifs is 1. The number of rotatable bonds is 1. The van der Waals surface area contributed by atoms with Crippen LogP contribution in [-0.4, -0.2) is 15.7 Å². The third-order valence-electron chi connectivity index (χ3n) is 2.65. The third kappa shape index (κ3) is 1.58. The summed E-state index contributed by atoms with van der Waals surface area (Å²) in [6, 6.07) is 8.15. The van der Waals surface area contributed by atoms with E-state index in [9.17, 15) is 4.21 Å². The quantitative estimate of drug-likeness (QED) is 0.747. The van der Waals surface area contributed by atoms with Crippen LogP contribution in [0.25, 0.3) is 10.1 Å². The zero-order chi connectivity index (χ0) is 10.3. The van der Waals surface area contributed by atoms with Gasteiger partial charge in [-0.3, -0.25) is 0 Å². The minimum Gasteiger partial charge on any atom is -0.249 e. The molecule has 1 aliphatic heterocycles. The van der Waals surface area contributed by atoms with Gasteiger partial charge in [-0.2, -0.15) is 4.36 Å². The zero-order valence-electron chi connectivity index (χ0n) is 8.18. The van der Waals surface area contributed by atoms with Gasteiger partial charge in [0.2, 0.25) is 0 Å². The molecule has 0 unspecified atom stereocenters. The van der Waals surface area contributed by atoms with Crippen LogP contribution in [-0.2, 0) is 9.73 Å². The summed E-state index contributed by atoms with van der Waals surface area (Å²) in [5.74, 6) is 1.55. The van der Waals surface area contributed by atoms with Crippen LogP contribution in [0.5, 0.6) is 0 Å². The van der Waals surface area contributed by atoms with E-state index in [2.05, 4.69) is 10.4 Å². The smallest absolute Gasteiger partial charge is 0.0915 e. The van der Waals surface area contributed by atoms with Gasteiger partial charge in [0.15, 0.2) is 0 Å². The van der Waals surface area contributed by atoms with E-state index in [1.54, 1.807) is 11.3 Å². The van der Waals surface area contributed by atoms with Gasteiger partial charge in [0, 0.05) is 27.0 Å². The summed E-state index contributed by atoms with van der Waals surface area (Å²) in [7, 11) is -1.87. The van der Waals surface area contributed by atoms with Gasteiger partial charge in [0.25, 0.3) is 0 Å². The molecule has 1 saturated heterocycles. The van der Waals surface area contributed by atoms with E-state index in [1.165, 1.54) is 4.70 Å². The van der Waals surface area contributed by atoms with Crippen molar-refractivity contribution in [2.45, 2.75) is 6.42 Å². The Hall–Kier alpha value is -0.870. The van der Waals surface area contributed by atoms with Gasteiger partial charge in [-0.05, 0) is 12.5 Å². The first-order valence-corrected chi connectivity index (χ1v) is 7.69. The lowest BCUT2D eigenvalue weighted by molar-refractivity contribution is 0.663. The van der Waals surface area contributed by atoms with Crippen molar-refractivity contribution in [3.63, 3.8) is 0 Å². The van der Waals surface area contributed by atoms with E-state index in [0.29, 0.717) is 0 Å². The van der Waals surface area contributed by atoms with Gasteiger partial charge in [-0.25, -0.2) is 4.21 Å². The Morgan fingerprint density at radius 1 is 1.27 bits per heavy atom. The molecule has 1 aliphatic rings. The fourth-order valence-corrected chi connectivity index (χ4v) is 4.11. The van der Waals surface area contributed by atoms with Gasteiger partial charge in [0.1, 0.15) is 0 Å². The van der Waals surface area contributed by atoms with Crippen LogP contribution < -0.4 is 0 Å². The van der Waals surface area contributed by atoms with Crippen molar-refractivity contribution in [3.05, 3.63) is 29.6 Å². The second-order valence-corrected chi connectivity index (χ2v) is 7.20. The number of benzene rings is 1. The molecule has 0 aliphatic carbocycles. The molecule has 2 nitrogen and oxygen atoms in total. The molecule has 0 spiro atoms. The molecule has 1 aromatic heterocycles. The topological polar surface area (TPSA) is 29.4 Å². The Kier molecular flexibility index (Phi) is 2.07. The monoisotopic (exact) mass is 237 g/mol. The summed E-state index contributed by atoms with van der Waals surface area (Å²) in [5.41, 5.74) is 0.917. The van der Waals surface area contributed by atoms with Crippen molar-refractivity contribution in [1.29, 1.82) is 0 Å². The van der Waals surface area contributed by atoms with Crippen LogP contribution in [0, 0.1) is 0 Å². The third-order valence-corrected chi connectivity index (χ3v) is 5.99. The number of hydrogen-bond donors (Lipinski definition) is 0. The highest BCUT2D eigenvalue weighted by atomic mass is 32.2. The highest BCUT2D eigenvalue weighted by Gasteiger charge is 2.19. The molecule has 2 heterocycles. The van der Waals surface area contributed by atoms with Crippen LogP contribution >= 0.6 is 11.3 Å². The van der Waals surface area contributed by atoms with Crippen molar-refractivity contribution < 1.29 is 4.21 Å². The van der Waals surface area contributed by atoms with Crippen molar-refractivity contribution in [2.24, 2.45) is 4.36 Å². The molecule has 15 heavy (non-hydrogen) atoms. The summed E-state index contributed by atoms with van der Waals surface area (Å²) in [6.45, 7) is 0. The van der Waals surface area contributed by atoms with Crippen LogP contribution in [0.2, 0.25) is 0 Å². The normalized spacial score (nSPS) is 18.7. The minimum atomic E-state index is -1.87. The SMILES string of the molecule is O=S1(=Nc2csc3ccccc23)CCC1. The fourth-order valence-electron chi connectivity index (χ4n) is 1.70. The molecule has 78 valence electrons. The van der Waals surface area contributed by atoms with Crippen LogP contribution in [0.3, 0.4) is 0 Å². The predicted molar refractivity (Wildman–Crippen MR) is 66.4 cm³/mol. The highest BCUT2D eigenvalue weighted by Crippen LogP contribution is 2.34. The van der Waals surface area contributed by atoms with Crippen molar-refractivity contribution in [2.75, 3.05) is 11.5 Å². The van der Waals surface area contributed by atoms with E-state index in [1.807, 2.05) is 23.6 Å². The van der Waals surface area contributed by atoms with E-state index in [4.69, 9.17) is 0 Å². The minimum absolute atomic E-state index is 0.775. The Morgan fingerprint density at radius 3 is 2.80 bits per heavy atom. The lowest BCUT2D eigenvalue weighted by atomic mass is 10.2. The van der Waals surface area contributed by atoms with Crippen LogP contribution in [0.1, 0.15) is 6.42 Å². The molecular formula is C11H11NOS2. The summed E-state index contributed by atoms with van der Waals surface area (Å²) < 4.78 is 17.6. The summed E-state index contributed by atoms with van der Waals surface area (Å²) in [6.07, 6.45) is 1.06. The summed E-state index contributed by atoms with van der Waals surface area (Å²) in [5, 5.41) is 3.15. The van der Waals surface area contributed by atoms with Crippen molar-refractivity contribution >= 4 is 36.8 Å². The van der Waals surface area contributed by atoms with Gasteiger partial charge < -0.3 is 0 Å². The van der Waals surface area contributed by atoms with Crippen LogP contribution in [0.15, 0.2) is 34.0 Å². The van der Waals surface area contributed by atoms with E-state index < -0.39 is 9.73 Å². The maximum atomic E-state index is 12.0. The summed E-state index contributed by atoms with van der Waals surface area (Å²) in [4.78, 5) is 0. The van der Waals surface area contributed by atoms with Gasteiger partial charge in [-0.15, -0.1) is 11.3 Å². The molecule has 2 aromatic rings. The molecule has 0 bridgehead atoms. The molecule has 1 fully saturated rings. The van der Waals surface area contributed by atoms with Gasteiger partial charge in [0.05, 0.1) is 15.4 Å². The van der Waals surface area contributed by atoms with Gasteiger partial charge >= 0.3 is 0 Å². The standard InChI is InChI=1S/C11H11NOS2/c13-15(6-3-7-15)12-10-8-14-11-5-2-1-4-9(10)11/h1-2,4-5,8H,3,6-7H2. The second-order valence-electron chi connectivity index (χ2n) is 3.74. The predicted octanol–water partition coefficient (Wildman–Crippen LogP) is 3.40. The van der Waals surface area contributed by atoms with E-state index in [0.717, 1.165) is 29.0 Å². The molecule has 4 heteroatoms. The maximum Gasteiger partial charge on any atom is 0.0915 e. The highest BCUT2D eigenvalue weighted by molar-refractivity contribution is 7.95. The molecule has 0 atom stereocenters. The molecular weight excluding hydrogens is 226 g/mol. The van der Waals surface area contributed by atoms with E-state index in [-0.39, 0.29) is 0 Å². The largest absolute Gasteiger partial charge is 0.249 e. The molecule has 0 saturated carbocycles. The average Bonchev–Trinajstić information content (AvgIpc) is 2.60. The molecule has 3 rings (SSSR count).